The Labute approximate surface area is 134 Å². The second-order valence-corrected chi connectivity index (χ2v) is 5.59. The van der Waals surface area contributed by atoms with Crippen LogP contribution in [0.25, 0.3) is 10.9 Å². The smallest absolute Gasteiger partial charge is 0.239 e. The molecule has 0 radical (unpaired) electrons. The van der Waals surface area contributed by atoms with Gasteiger partial charge in [-0.25, -0.2) is 4.39 Å². The maximum absolute atomic E-state index is 13.3. The molecule has 23 heavy (non-hydrogen) atoms. The third kappa shape index (κ3) is 4.89. The Morgan fingerprint density at radius 3 is 2.87 bits per heavy atom. The number of hydrogen-bond acceptors (Lipinski definition) is 3. The normalized spacial score (nSPS) is 11.1. The Hall–Kier alpha value is -2.21. The zero-order valence-electron chi connectivity index (χ0n) is 13.3. The van der Waals surface area contributed by atoms with Crippen LogP contribution in [0.15, 0.2) is 35.3 Å². The number of hydrogen-bond donors (Lipinski definition) is 1. The molecule has 0 aliphatic heterocycles. The molecule has 0 bridgehead atoms. The van der Waals surface area contributed by atoms with Gasteiger partial charge in [0, 0.05) is 30.8 Å². The van der Waals surface area contributed by atoms with E-state index < -0.39 is 5.82 Å². The Morgan fingerprint density at radius 2 is 2.13 bits per heavy atom. The number of aromatic nitrogens is 1. The summed E-state index contributed by atoms with van der Waals surface area (Å²) in [5, 5.41) is 3.07. The molecule has 0 aliphatic carbocycles. The summed E-state index contributed by atoms with van der Waals surface area (Å²) in [5.74, 6) is -0.634. The molecule has 0 unspecified atom stereocenters. The van der Waals surface area contributed by atoms with Crippen LogP contribution >= 0.6 is 0 Å². The summed E-state index contributed by atoms with van der Waals surface area (Å²) in [4.78, 5) is 23.8. The van der Waals surface area contributed by atoms with Crippen LogP contribution in [-0.4, -0.2) is 29.7 Å². The minimum absolute atomic E-state index is 0.0768. The molecular weight excluding hydrogens is 299 g/mol. The van der Waals surface area contributed by atoms with E-state index in [2.05, 4.69) is 5.32 Å². The average Bonchev–Trinajstić information content (AvgIpc) is 2.49. The third-order valence-corrected chi connectivity index (χ3v) is 3.35. The lowest BCUT2D eigenvalue weighted by Crippen LogP contribution is -2.29. The summed E-state index contributed by atoms with van der Waals surface area (Å²) < 4.78 is 20.3. The first-order valence-electron chi connectivity index (χ1n) is 7.64. The fraction of sp³-hybridized carbons (Fsp3) is 0.412. The summed E-state index contributed by atoms with van der Waals surface area (Å²) in [6, 6.07) is 5.32. The van der Waals surface area contributed by atoms with Gasteiger partial charge in [0.05, 0.1) is 11.6 Å². The number of fused-ring (bicyclic) bond motifs is 1. The second kappa shape index (κ2) is 7.87. The van der Waals surface area contributed by atoms with Crippen molar-refractivity contribution in [3.8, 4) is 0 Å². The molecule has 1 N–H and O–H groups in total. The molecule has 0 atom stereocenters. The molecule has 124 valence electrons. The first-order chi connectivity index (χ1) is 11.0. The lowest BCUT2D eigenvalue weighted by molar-refractivity contribution is -0.121. The second-order valence-electron chi connectivity index (χ2n) is 5.59. The van der Waals surface area contributed by atoms with E-state index in [1.807, 2.05) is 13.8 Å². The number of carbonyl (C=O) groups excluding carboxylic acids is 1. The zero-order chi connectivity index (χ0) is 16.8. The van der Waals surface area contributed by atoms with Crippen molar-refractivity contribution in [2.45, 2.75) is 32.9 Å². The van der Waals surface area contributed by atoms with E-state index in [1.165, 1.54) is 24.3 Å². The van der Waals surface area contributed by atoms with Crippen molar-refractivity contribution in [3.05, 3.63) is 46.5 Å². The van der Waals surface area contributed by atoms with E-state index in [0.717, 1.165) is 6.42 Å². The van der Waals surface area contributed by atoms with Gasteiger partial charge in [0.25, 0.3) is 0 Å². The van der Waals surface area contributed by atoms with Crippen molar-refractivity contribution in [1.82, 2.24) is 9.88 Å². The molecule has 0 spiro atoms. The highest BCUT2D eigenvalue weighted by molar-refractivity contribution is 5.82. The summed E-state index contributed by atoms with van der Waals surface area (Å²) in [6.45, 7) is 5.12. The lowest BCUT2D eigenvalue weighted by Gasteiger charge is -2.11. The fourth-order valence-corrected chi connectivity index (χ4v) is 2.25. The lowest BCUT2D eigenvalue weighted by atomic mass is 10.2. The number of benzene rings is 1. The molecule has 0 fully saturated rings. The Bertz CT molecular complexity index is 740. The van der Waals surface area contributed by atoms with Gasteiger partial charge < -0.3 is 14.6 Å². The van der Waals surface area contributed by atoms with Crippen LogP contribution in [0, 0.1) is 5.82 Å². The number of halogens is 1. The quantitative estimate of drug-likeness (QED) is 0.795. The SMILES string of the molecule is CC(C)OCCCNC(=O)Cn1ccc(=O)c2cc(F)ccc21. The maximum atomic E-state index is 13.3. The van der Waals surface area contributed by atoms with Gasteiger partial charge in [-0.15, -0.1) is 0 Å². The van der Waals surface area contributed by atoms with E-state index in [1.54, 1.807) is 10.8 Å². The predicted molar refractivity (Wildman–Crippen MR) is 86.9 cm³/mol. The highest BCUT2D eigenvalue weighted by Gasteiger charge is 2.07. The molecular formula is C17H21FN2O3. The van der Waals surface area contributed by atoms with Crippen LogP contribution in [-0.2, 0) is 16.1 Å². The van der Waals surface area contributed by atoms with Gasteiger partial charge in [0.15, 0.2) is 5.43 Å². The van der Waals surface area contributed by atoms with Crippen LogP contribution in [0.5, 0.6) is 0 Å². The number of rotatable bonds is 7. The molecule has 1 amide bonds. The van der Waals surface area contributed by atoms with Gasteiger partial charge in [0.1, 0.15) is 12.4 Å². The minimum atomic E-state index is -0.470. The number of nitrogens with one attached hydrogen (secondary N) is 1. The molecule has 6 heteroatoms. The summed E-state index contributed by atoms with van der Waals surface area (Å²) in [7, 11) is 0. The Morgan fingerprint density at radius 1 is 1.35 bits per heavy atom. The first-order valence-corrected chi connectivity index (χ1v) is 7.64. The van der Waals surface area contributed by atoms with Crippen LogP contribution in [0.4, 0.5) is 4.39 Å². The monoisotopic (exact) mass is 320 g/mol. The molecule has 1 aromatic carbocycles. The zero-order valence-corrected chi connectivity index (χ0v) is 13.3. The van der Waals surface area contributed by atoms with Crippen molar-refractivity contribution in [3.63, 3.8) is 0 Å². The van der Waals surface area contributed by atoms with E-state index in [0.29, 0.717) is 18.7 Å². The third-order valence-electron chi connectivity index (χ3n) is 3.35. The van der Waals surface area contributed by atoms with Crippen molar-refractivity contribution < 1.29 is 13.9 Å². The number of pyridine rings is 1. The Balaban J connectivity index is 1.98. The summed E-state index contributed by atoms with van der Waals surface area (Å²) in [6.07, 6.45) is 2.46. The number of ether oxygens (including phenoxy) is 1. The molecule has 1 aromatic heterocycles. The average molecular weight is 320 g/mol. The summed E-state index contributed by atoms with van der Waals surface area (Å²) in [5.41, 5.74) is 0.277. The molecule has 0 saturated carbocycles. The number of carbonyl (C=O) groups is 1. The molecule has 2 rings (SSSR count). The highest BCUT2D eigenvalue weighted by Crippen LogP contribution is 2.11. The minimum Gasteiger partial charge on any atom is -0.379 e. The molecule has 1 heterocycles. The highest BCUT2D eigenvalue weighted by atomic mass is 19.1. The topological polar surface area (TPSA) is 60.3 Å². The standard InChI is InChI=1S/C17H21FN2O3/c1-12(2)23-9-3-7-19-17(22)11-20-8-6-16(21)14-10-13(18)4-5-15(14)20/h4-6,8,10,12H,3,7,9,11H2,1-2H3,(H,19,22). The van der Waals surface area contributed by atoms with Gasteiger partial charge in [-0.1, -0.05) is 0 Å². The van der Waals surface area contributed by atoms with Crippen molar-refractivity contribution in [2.24, 2.45) is 0 Å². The van der Waals surface area contributed by atoms with Crippen LogP contribution in [0.2, 0.25) is 0 Å². The fourth-order valence-electron chi connectivity index (χ4n) is 2.25. The van der Waals surface area contributed by atoms with Crippen LogP contribution in [0.1, 0.15) is 20.3 Å². The van der Waals surface area contributed by atoms with Crippen molar-refractivity contribution >= 4 is 16.8 Å². The largest absolute Gasteiger partial charge is 0.379 e. The van der Waals surface area contributed by atoms with Crippen LogP contribution < -0.4 is 10.7 Å². The molecule has 5 nitrogen and oxygen atoms in total. The van der Waals surface area contributed by atoms with E-state index in [-0.39, 0.29) is 29.4 Å². The predicted octanol–water partition coefficient (Wildman–Crippen LogP) is 2.07. The van der Waals surface area contributed by atoms with E-state index in [9.17, 15) is 14.0 Å². The van der Waals surface area contributed by atoms with Crippen molar-refractivity contribution in [1.29, 1.82) is 0 Å². The number of amides is 1. The van der Waals surface area contributed by atoms with Crippen LogP contribution in [0.3, 0.4) is 0 Å². The van der Waals surface area contributed by atoms with E-state index in [4.69, 9.17) is 4.74 Å². The first kappa shape index (κ1) is 17.1. The van der Waals surface area contributed by atoms with Gasteiger partial charge in [-0.2, -0.15) is 0 Å². The van der Waals surface area contributed by atoms with Gasteiger partial charge >= 0.3 is 0 Å². The van der Waals surface area contributed by atoms with Gasteiger partial charge in [-0.3, -0.25) is 9.59 Å². The molecule has 0 aliphatic rings. The molecule has 0 saturated heterocycles. The van der Waals surface area contributed by atoms with Gasteiger partial charge in [-0.05, 0) is 38.5 Å². The molecule has 2 aromatic rings. The van der Waals surface area contributed by atoms with Crippen molar-refractivity contribution in [2.75, 3.05) is 13.2 Å². The maximum Gasteiger partial charge on any atom is 0.239 e. The number of nitrogens with zero attached hydrogens (tertiary/aromatic N) is 1. The Kier molecular flexibility index (Phi) is 5.87. The van der Waals surface area contributed by atoms with Gasteiger partial charge in [0.2, 0.25) is 5.91 Å². The summed E-state index contributed by atoms with van der Waals surface area (Å²) >= 11 is 0. The van der Waals surface area contributed by atoms with E-state index >= 15 is 0 Å².